The van der Waals surface area contributed by atoms with Crippen LogP contribution in [0.3, 0.4) is 0 Å². The Hall–Kier alpha value is -0.430. The van der Waals surface area contributed by atoms with Crippen molar-refractivity contribution >= 4 is 37.8 Å². The second-order valence-corrected chi connectivity index (χ2v) is 6.66. The number of methoxy groups -OCH3 is 1. The molecule has 1 saturated heterocycles. The Balaban J connectivity index is 2.19. The van der Waals surface area contributed by atoms with Crippen LogP contribution in [0.25, 0.3) is 0 Å². The quantitative estimate of drug-likeness (QED) is 0.841. The number of ether oxygens (including phenoxy) is 1. The molecule has 0 saturated carbocycles. The molecule has 2 rings (SSSR count). The number of piperidine rings is 1. The summed E-state index contributed by atoms with van der Waals surface area (Å²) in [6.07, 6.45) is 1.85. The molecular formula is C14H18Br2N2O2. The zero-order valence-corrected chi connectivity index (χ0v) is 14.5. The Morgan fingerprint density at radius 1 is 1.50 bits per heavy atom. The lowest BCUT2D eigenvalue weighted by Gasteiger charge is -2.38. The third-order valence-corrected chi connectivity index (χ3v) is 4.84. The van der Waals surface area contributed by atoms with E-state index in [0.29, 0.717) is 18.7 Å². The van der Waals surface area contributed by atoms with Gasteiger partial charge in [-0.15, -0.1) is 0 Å². The van der Waals surface area contributed by atoms with Crippen LogP contribution in [0, 0.1) is 0 Å². The van der Waals surface area contributed by atoms with Crippen molar-refractivity contribution in [1.82, 2.24) is 4.90 Å². The molecule has 0 spiro atoms. The van der Waals surface area contributed by atoms with Crippen molar-refractivity contribution in [1.29, 1.82) is 0 Å². The summed E-state index contributed by atoms with van der Waals surface area (Å²) in [5.74, 6) is 0.0226. The number of carbonyl (C=O) groups is 1. The van der Waals surface area contributed by atoms with Crippen LogP contribution in [0.4, 0.5) is 0 Å². The van der Waals surface area contributed by atoms with E-state index >= 15 is 0 Å². The lowest BCUT2D eigenvalue weighted by Crippen LogP contribution is -2.51. The van der Waals surface area contributed by atoms with Crippen LogP contribution < -0.4 is 5.73 Å². The average molecular weight is 406 g/mol. The van der Waals surface area contributed by atoms with Crippen molar-refractivity contribution < 1.29 is 9.53 Å². The first kappa shape index (κ1) is 15.9. The first-order valence-corrected chi connectivity index (χ1v) is 8.14. The lowest BCUT2D eigenvalue weighted by molar-refractivity contribution is 0.0138. The molecule has 4 nitrogen and oxygen atoms in total. The van der Waals surface area contributed by atoms with Gasteiger partial charge in [0.1, 0.15) is 0 Å². The normalized spacial score (nSPS) is 22.9. The van der Waals surface area contributed by atoms with E-state index in [9.17, 15) is 4.79 Å². The minimum absolute atomic E-state index is 0.0226. The number of amides is 1. The van der Waals surface area contributed by atoms with Gasteiger partial charge in [0.2, 0.25) is 0 Å². The van der Waals surface area contributed by atoms with E-state index in [1.807, 2.05) is 23.1 Å². The number of likely N-dealkylation sites (tertiary alicyclic amines) is 1. The predicted molar refractivity (Wildman–Crippen MR) is 85.8 cm³/mol. The standard InChI is InChI=1S/C14H18Br2N2O2/c1-20-11-4-5-18(10(7-11)8-17)14(19)12-3-2-9(15)6-13(12)16/h2-3,6,10-11H,4-5,7-8,17H2,1H3. The van der Waals surface area contributed by atoms with Gasteiger partial charge in [0.05, 0.1) is 11.7 Å². The van der Waals surface area contributed by atoms with E-state index in [2.05, 4.69) is 31.9 Å². The van der Waals surface area contributed by atoms with E-state index < -0.39 is 0 Å². The van der Waals surface area contributed by atoms with Gasteiger partial charge in [-0.1, -0.05) is 15.9 Å². The molecule has 0 aromatic heterocycles. The number of carbonyl (C=O) groups excluding carboxylic acids is 1. The summed E-state index contributed by atoms with van der Waals surface area (Å²) in [5, 5.41) is 0. The summed E-state index contributed by atoms with van der Waals surface area (Å²) in [5.41, 5.74) is 6.49. The maximum atomic E-state index is 12.7. The Kier molecular flexibility index (Phi) is 5.60. The van der Waals surface area contributed by atoms with E-state index in [1.54, 1.807) is 7.11 Å². The van der Waals surface area contributed by atoms with Crippen molar-refractivity contribution in [2.24, 2.45) is 5.73 Å². The highest BCUT2D eigenvalue weighted by Crippen LogP contribution is 2.26. The Morgan fingerprint density at radius 3 is 2.85 bits per heavy atom. The number of rotatable bonds is 3. The second kappa shape index (κ2) is 7.02. The highest BCUT2D eigenvalue weighted by molar-refractivity contribution is 9.11. The fourth-order valence-corrected chi connectivity index (χ4v) is 3.75. The molecule has 6 heteroatoms. The molecule has 0 radical (unpaired) electrons. The Bertz CT molecular complexity index is 496. The summed E-state index contributed by atoms with van der Waals surface area (Å²) >= 11 is 6.84. The molecule has 20 heavy (non-hydrogen) atoms. The Morgan fingerprint density at radius 2 is 2.25 bits per heavy atom. The smallest absolute Gasteiger partial charge is 0.255 e. The number of nitrogens with two attached hydrogens (primary N) is 1. The van der Waals surface area contributed by atoms with Crippen LogP contribution in [0.15, 0.2) is 27.1 Å². The number of halogens is 2. The first-order valence-electron chi connectivity index (χ1n) is 6.55. The minimum Gasteiger partial charge on any atom is -0.381 e. The third-order valence-electron chi connectivity index (χ3n) is 3.70. The third kappa shape index (κ3) is 3.42. The maximum absolute atomic E-state index is 12.7. The fraction of sp³-hybridized carbons (Fsp3) is 0.500. The van der Waals surface area contributed by atoms with Gasteiger partial charge in [0.25, 0.3) is 5.91 Å². The van der Waals surface area contributed by atoms with Crippen LogP contribution in [0.1, 0.15) is 23.2 Å². The van der Waals surface area contributed by atoms with Gasteiger partial charge >= 0.3 is 0 Å². The monoisotopic (exact) mass is 404 g/mol. The van der Waals surface area contributed by atoms with Gasteiger partial charge < -0.3 is 15.4 Å². The molecule has 1 heterocycles. The summed E-state index contributed by atoms with van der Waals surface area (Å²) < 4.78 is 7.12. The SMILES string of the molecule is COC1CCN(C(=O)c2ccc(Br)cc2Br)C(CN)C1. The summed E-state index contributed by atoms with van der Waals surface area (Å²) in [4.78, 5) is 14.5. The molecule has 0 bridgehead atoms. The minimum atomic E-state index is 0.0226. The van der Waals surface area contributed by atoms with Crippen molar-refractivity contribution in [3.05, 3.63) is 32.7 Å². The molecule has 1 aromatic carbocycles. The van der Waals surface area contributed by atoms with Crippen LogP contribution >= 0.6 is 31.9 Å². The van der Waals surface area contributed by atoms with Gasteiger partial charge in [-0.05, 0) is 47.0 Å². The summed E-state index contributed by atoms with van der Waals surface area (Å²) in [6, 6.07) is 5.62. The molecule has 1 aromatic rings. The van der Waals surface area contributed by atoms with Crippen molar-refractivity contribution in [2.75, 3.05) is 20.2 Å². The second-order valence-electron chi connectivity index (χ2n) is 4.89. The van der Waals surface area contributed by atoms with Gasteiger partial charge in [0, 0.05) is 35.2 Å². The van der Waals surface area contributed by atoms with E-state index in [1.165, 1.54) is 0 Å². The van der Waals surface area contributed by atoms with Gasteiger partial charge in [-0.3, -0.25) is 4.79 Å². The van der Waals surface area contributed by atoms with E-state index in [4.69, 9.17) is 10.5 Å². The molecule has 110 valence electrons. The van der Waals surface area contributed by atoms with Crippen LogP contribution in [-0.4, -0.2) is 43.2 Å². The van der Waals surface area contributed by atoms with Crippen LogP contribution in [0.2, 0.25) is 0 Å². The summed E-state index contributed by atoms with van der Waals surface area (Å²) in [7, 11) is 1.71. The topological polar surface area (TPSA) is 55.6 Å². The van der Waals surface area contributed by atoms with E-state index in [0.717, 1.165) is 21.8 Å². The highest BCUT2D eigenvalue weighted by atomic mass is 79.9. The number of benzene rings is 1. The highest BCUT2D eigenvalue weighted by Gasteiger charge is 2.31. The summed E-state index contributed by atoms with van der Waals surface area (Å²) in [6.45, 7) is 1.14. The van der Waals surface area contributed by atoms with E-state index in [-0.39, 0.29) is 18.1 Å². The maximum Gasteiger partial charge on any atom is 0.255 e. The van der Waals surface area contributed by atoms with Crippen molar-refractivity contribution in [3.63, 3.8) is 0 Å². The number of hydrogen-bond donors (Lipinski definition) is 1. The molecule has 2 atom stereocenters. The van der Waals surface area contributed by atoms with Crippen LogP contribution in [-0.2, 0) is 4.74 Å². The number of hydrogen-bond acceptors (Lipinski definition) is 3. The van der Waals surface area contributed by atoms with Crippen molar-refractivity contribution in [3.8, 4) is 0 Å². The van der Waals surface area contributed by atoms with Gasteiger partial charge in [-0.2, -0.15) is 0 Å². The van der Waals surface area contributed by atoms with Crippen LogP contribution in [0.5, 0.6) is 0 Å². The lowest BCUT2D eigenvalue weighted by atomic mass is 9.98. The fourth-order valence-electron chi connectivity index (χ4n) is 2.54. The van der Waals surface area contributed by atoms with Gasteiger partial charge in [0.15, 0.2) is 0 Å². The number of nitrogens with zero attached hydrogens (tertiary/aromatic N) is 1. The molecule has 2 unspecified atom stereocenters. The predicted octanol–water partition coefficient (Wildman–Crippen LogP) is 2.79. The van der Waals surface area contributed by atoms with Crippen molar-refractivity contribution in [2.45, 2.75) is 25.0 Å². The van der Waals surface area contributed by atoms with Gasteiger partial charge in [-0.25, -0.2) is 0 Å². The largest absolute Gasteiger partial charge is 0.381 e. The molecule has 1 aliphatic rings. The zero-order valence-electron chi connectivity index (χ0n) is 11.3. The Labute approximate surface area is 135 Å². The molecular weight excluding hydrogens is 388 g/mol. The first-order chi connectivity index (χ1) is 9.56. The molecule has 1 amide bonds. The molecule has 2 N–H and O–H groups in total. The zero-order chi connectivity index (χ0) is 14.7. The molecule has 1 aliphatic heterocycles. The molecule has 0 aliphatic carbocycles. The average Bonchev–Trinajstić information content (AvgIpc) is 2.46. The molecule has 1 fully saturated rings.